The number of nitrogens with zero attached hydrogens (tertiary/aromatic N) is 1. The largest absolute Gasteiger partial charge is 0.468 e. The highest BCUT2D eigenvalue weighted by Gasteiger charge is 2.23. The van der Waals surface area contributed by atoms with E-state index in [1.165, 1.54) is 31.2 Å². The summed E-state index contributed by atoms with van der Waals surface area (Å²) in [7, 11) is 0. The average Bonchev–Trinajstić information content (AvgIpc) is 3.21. The molecule has 1 fully saturated rings. The average molecular weight is 285 g/mol. The Bertz CT molecular complexity index is 527. The number of benzene rings is 1. The van der Waals surface area contributed by atoms with Crippen molar-refractivity contribution >= 4 is 0 Å². The summed E-state index contributed by atoms with van der Waals surface area (Å²) in [5.74, 6) is 1.04. The van der Waals surface area contributed by atoms with E-state index < -0.39 is 0 Å². The van der Waals surface area contributed by atoms with Gasteiger partial charge in [-0.25, -0.2) is 0 Å². The van der Waals surface area contributed by atoms with Gasteiger partial charge in [-0.05, 0) is 36.1 Å². The van der Waals surface area contributed by atoms with Gasteiger partial charge in [0.15, 0.2) is 0 Å². The van der Waals surface area contributed by atoms with Crippen LogP contribution >= 0.6 is 0 Å². The van der Waals surface area contributed by atoms with Crippen LogP contribution in [0.25, 0.3) is 0 Å². The highest BCUT2D eigenvalue weighted by molar-refractivity contribution is 5.22. The maximum absolute atomic E-state index is 9.13. The third-order valence-electron chi connectivity index (χ3n) is 4.37. The van der Waals surface area contributed by atoms with E-state index in [4.69, 9.17) is 9.52 Å². The second kappa shape index (κ2) is 6.92. The van der Waals surface area contributed by atoms with Gasteiger partial charge in [0, 0.05) is 12.6 Å². The minimum atomic E-state index is 0.110. The molecule has 1 aromatic carbocycles. The number of aliphatic hydroxyl groups is 1. The number of hydrogen-bond donors (Lipinski definition) is 1. The number of furan rings is 1. The Morgan fingerprint density at radius 1 is 1.00 bits per heavy atom. The van der Waals surface area contributed by atoms with Crippen LogP contribution in [0.1, 0.15) is 42.6 Å². The molecule has 0 aliphatic heterocycles. The molecule has 0 bridgehead atoms. The maximum Gasteiger partial charge on any atom is 0.117 e. The second-order valence-corrected chi connectivity index (χ2v) is 5.90. The fourth-order valence-corrected chi connectivity index (χ4v) is 3.17. The molecule has 1 aliphatic carbocycles. The van der Waals surface area contributed by atoms with Gasteiger partial charge in [0.25, 0.3) is 0 Å². The topological polar surface area (TPSA) is 36.6 Å². The van der Waals surface area contributed by atoms with Crippen molar-refractivity contribution in [2.24, 2.45) is 0 Å². The van der Waals surface area contributed by atoms with E-state index in [1.807, 2.05) is 18.2 Å². The van der Waals surface area contributed by atoms with Crippen molar-refractivity contribution in [3.8, 4) is 0 Å². The van der Waals surface area contributed by atoms with E-state index in [0.717, 1.165) is 24.4 Å². The zero-order valence-electron chi connectivity index (χ0n) is 12.4. The minimum Gasteiger partial charge on any atom is -0.468 e. The lowest BCUT2D eigenvalue weighted by atomic mass is 10.1. The predicted molar refractivity (Wildman–Crippen MR) is 82.6 cm³/mol. The first-order chi connectivity index (χ1) is 10.3. The lowest BCUT2D eigenvalue weighted by molar-refractivity contribution is 0.167. The first-order valence-electron chi connectivity index (χ1n) is 7.80. The summed E-state index contributed by atoms with van der Waals surface area (Å²) in [6, 6.07) is 12.9. The molecule has 2 aromatic rings. The summed E-state index contributed by atoms with van der Waals surface area (Å²) in [5.41, 5.74) is 2.27. The van der Waals surface area contributed by atoms with Crippen molar-refractivity contribution in [2.75, 3.05) is 0 Å². The predicted octanol–water partition coefficient (Wildman–Crippen LogP) is 3.72. The van der Waals surface area contributed by atoms with Crippen molar-refractivity contribution in [2.45, 2.75) is 51.4 Å². The molecule has 1 aliphatic rings. The fraction of sp³-hybridized carbons (Fsp3) is 0.444. The third kappa shape index (κ3) is 3.74. The molecule has 21 heavy (non-hydrogen) atoms. The Morgan fingerprint density at radius 2 is 1.71 bits per heavy atom. The summed E-state index contributed by atoms with van der Waals surface area (Å²) < 4.78 is 5.52. The zero-order chi connectivity index (χ0) is 14.5. The van der Waals surface area contributed by atoms with Gasteiger partial charge in [0.05, 0.1) is 19.4 Å². The molecule has 0 spiro atoms. The van der Waals surface area contributed by atoms with Crippen LogP contribution in [-0.2, 0) is 19.7 Å². The Labute approximate surface area is 126 Å². The summed E-state index contributed by atoms with van der Waals surface area (Å²) in [5, 5.41) is 9.13. The van der Waals surface area contributed by atoms with Gasteiger partial charge in [-0.15, -0.1) is 0 Å². The summed E-state index contributed by atoms with van der Waals surface area (Å²) in [6.07, 6.45) is 6.99. The molecular weight excluding hydrogens is 262 g/mol. The van der Waals surface area contributed by atoms with Crippen molar-refractivity contribution in [1.82, 2.24) is 4.90 Å². The lowest BCUT2D eigenvalue weighted by Crippen LogP contribution is -2.32. The van der Waals surface area contributed by atoms with E-state index in [0.29, 0.717) is 6.04 Å². The number of rotatable bonds is 6. The molecule has 0 atom stereocenters. The SMILES string of the molecule is OCc1ccc(CN(Cc2ccco2)C2CCCC2)cc1. The molecule has 1 N–H and O–H groups in total. The van der Waals surface area contributed by atoms with Gasteiger partial charge in [0.2, 0.25) is 0 Å². The summed E-state index contributed by atoms with van der Waals surface area (Å²) in [6.45, 7) is 1.93. The van der Waals surface area contributed by atoms with E-state index in [2.05, 4.69) is 23.1 Å². The van der Waals surface area contributed by atoms with E-state index in [1.54, 1.807) is 6.26 Å². The van der Waals surface area contributed by atoms with Crippen LogP contribution in [-0.4, -0.2) is 16.0 Å². The third-order valence-corrected chi connectivity index (χ3v) is 4.37. The molecule has 0 amide bonds. The lowest BCUT2D eigenvalue weighted by Gasteiger charge is -2.28. The first-order valence-corrected chi connectivity index (χ1v) is 7.80. The fourth-order valence-electron chi connectivity index (χ4n) is 3.17. The van der Waals surface area contributed by atoms with Gasteiger partial charge in [-0.1, -0.05) is 37.1 Å². The van der Waals surface area contributed by atoms with Crippen LogP contribution in [0.2, 0.25) is 0 Å². The molecule has 0 saturated heterocycles. The summed E-state index contributed by atoms with van der Waals surface area (Å²) in [4.78, 5) is 2.53. The minimum absolute atomic E-state index is 0.110. The Kier molecular flexibility index (Phi) is 4.73. The second-order valence-electron chi connectivity index (χ2n) is 5.90. The van der Waals surface area contributed by atoms with Crippen LogP contribution in [0.3, 0.4) is 0 Å². The van der Waals surface area contributed by atoms with Gasteiger partial charge in [-0.3, -0.25) is 4.90 Å². The van der Waals surface area contributed by atoms with E-state index >= 15 is 0 Å². The molecule has 1 heterocycles. The quantitative estimate of drug-likeness (QED) is 0.879. The van der Waals surface area contributed by atoms with Crippen molar-refractivity contribution in [3.63, 3.8) is 0 Å². The van der Waals surface area contributed by atoms with E-state index in [9.17, 15) is 0 Å². The van der Waals surface area contributed by atoms with Crippen molar-refractivity contribution < 1.29 is 9.52 Å². The van der Waals surface area contributed by atoms with Crippen LogP contribution in [0.5, 0.6) is 0 Å². The Morgan fingerprint density at radius 3 is 2.33 bits per heavy atom. The van der Waals surface area contributed by atoms with Crippen molar-refractivity contribution in [3.05, 3.63) is 59.5 Å². The molecule has 0 radical (unpaired) electrons. The maximum atomic E-state index is 9.13. The monoisotopic (exact) mass is 285 g/mol. The molecular formula is C18H23NO2. The standard InChI is InChI=1S/C18H23NO2/c20-14-16-9-7-15(8-10-16)12-19(17-4-1-2-5-17)13-18-6-3-11-21-18/h3,6-11,17,20H,1-2,4-5,12-14H2. The van der Waals surface area contributed by atoms with Gasteiger partial charge in [-0.2, -0.15) is 0 Å². The molecule has 3 heteroatoms. The molecule has 3 rings (SSSR count). The van der Waals surface area contributed by atoms with Gasteiger partial charge in [0.1, 0.15) is 5.76 Å². The van der Waals surface area contributed by atoms with Crippen LogP contribution < -0.4 is 0 Å². The molecule has 1 saturated carbocycles. The van der Waals surface area contributed by atoms with Crippen LogP contribution in [0, 0.1) is 0 Å². The molecule has 112 valence electrons. The number of hydrogen-bond acceptors (Lipinski definition) is 3. The zero-order valence-corrected chi connectivity index (χ0v) is 12.4. The first kappa shape index (κ1) is 14.4. The number of aliphatic hydroxyl groups excluding tert-OH is 1. The summed E-state index contributed by atoms with van der Waals surface area (Å²) >= 11 is 0. The van der Waals surface area contributed by atoms with E-state index in [-0.39, 0.29) is 6.61 Å². The highest BCUT2D eigenvalue weighted by atomic mass is 16.3. The van der Waals surface area contributed by atoms with Gasteiger partial charge >= 0.3 is 0 Å². The smallest absolute Gasteiger partial charge is 0.117 e. The van der Waals surface area contributed by atoms with Crippen molar-refractivity contribution in [1.29, 1.82) is 0 Å². The molecule has 3 nitrogen and oxygen atoms in total. The highest BCUT2D eigenvalue weighted by Crippen LogP contribution is 2.26. The normalized spacial score (nSPS) is 15.9. The molecule has 1 aromatic heterocycles. The Balaban J connectivity index is 1.71. The molecule has 0 unspecified atom stereocenters. The Hall–Kier alpha value is -1.58. The van der Waals surface area contributed by atoms with Gasteiger partial charge < -0.3 is 9.52 Å². The van der Waals surface area contributed by atoms with Crippen LogP contribution in [0.15, 0.2) is 47.1 Å². The van der Waals surface area contributed by atoms with Crippen LogP contribution in [0.4, 0.5) is 0 Å².